The van der Waals surface area contributed by atoms with Crippen molar-refractivity contribution in [1.82, 2.24) is 10.3 Å². The lowest BCUT2D eigenvalue weighted by Gasteiger charge is -2.26. The molecule has 0 saturated carbocycles. The van der Waals surface area contributed by atoms with Crippen molar-refractivity contribution in [3.63, 3.8) is 0 Å². The van der Waals surface area contributed by atoms with E-state index in [0.29, 0.717) is 22.4 Å². The summed E-state index contributed by atoms with van der Waals surface area (Å²) in [6, 6.07) is 4.64. The van der Waals surface area contributed by atoms with Gasteiger partial charge >= 0.3 is 13.1 Å². The number of ether oxygens (including phenoxy) is 1. The molecule has 3 rings (SSSR count). The van der Waals surface area contributed by atoms with Crippen LogP contribution in [0.15, 0.2) is 23.6 Å². The molecule has 0 aliphatic heterocycles. The summed E-state index contributed by atoms with van der Waals surface area (Å²) < 4.78 is 21.3. The Bertz CT molecular complexity index is 1120. The second kappa shape index (κ2) is 10.4. The van der Waals surface area contributed by atoms with Crippen molar-refractivity contribution in [2.75, 3.05) is 4.81 Å². The van der Waals surface area contributed by atoms with Gasteiger partial charge < -0.3 is 19.9 Å². The van der Waals surface area contributed by atoms with Crippen molar-refractivity contribution < 1.29 is 18.9 Å². The number of anilines is 1. The number of hydrogen-bond acceptors (Lipinski definition) is 7. The first kappa shape index (κ1) is 26.0. The first-order valence-electron chi connectivity index (χ1n) is 10.3. The van der Waals surface area contributed by atoms with Gasteiger partial charge in [-0.15, -0.1) is 22.7 Å². The van der Waals surface area contributed by atoms with Gasteiger partial charge in [0.2, 0.25) is 0 Å². The van der Waals surface area contributed by atoms with Crippen molar-refractivity contribution in [1.29, 1.82) is 0 Å². The Balaban J connectivity index is 1.97. The summed E-state index contributed by atoms with van der Waals surface area (Å²) in [5, 5.41) is 15.3. The second-order valence-electron chi connectivity index (χ2n) is 8.60. The molecule has 12 heteroatoms. The Labute approximate surface area is 210 Å². The number of carbonyl (C=O) groups excluding carboxylic acids is 1. The van der Waals surface area contributed by atoms with Crippen LogP contribution in [0.3, 0.4) is 0 Å². The summed E-state index contributed by atoms with van der Waals surface area (Å²) in [5.74, 6) is 0. The fourth-order valence-corrected chi connectivity index (χ4v) is 5.74. The van der Waals surface area contributed by atoms with Crippen LogP contribution in [0.1, 0.15) is 43.6 Å². The van der Waals surface area contributed by atoms with Gasteiger partial charge in [0, 0.05) is 17.1 Å². The molecule has 178 valence electrons. The van der Waals surface area contributed by atoms with Crippen LogP contribution >= 0.6 is 45.9 Å². The van der Waals surface area contributed by atoms with E-state index in [1.165, 1.54) is 6.92 Å². The van der Waals surface area contributed by atoms with Crippen LogP contribution in [0, 0.1) is 0 Å². The molecule has 0 saturated heterocycles. The van der Waals surface area contributed by atoms with Gasteiger partial charge in [-0.05, 0) is 52.0 Å². The first-order valence-corrected chi connectivity index (χ1v) is 12.7. The highest BCUT2D eigenvalue weighted by Crippen LogP contribution is 2.45. The van der Waals surface area contributed by atoms with Gasteiger partial charge in [0.15, 0.2) is 6.17 Å². The number of halogens is 3. The van der Waals surface area contributed by atoms with Crippen LogP contribution in [-0.4, -0.2) is 34.8 Å². The Kier molecular flexibility index (Phi) is 8.17. The van der Waals surface area contributed by atoms with Gasteiger partial charge in [0.25, 0.3) is 0 Å². The maximum absolute atomic E-state index is 15.5. The maximum atomic E-state index is 15.5. The lowest BCUT2D eigenvalue weighted by atomic mass is 9.84. The predicted octanol–water partition coefficient (Wildman–Crippen LogP) is 6.71. The fourth-order valence-electron chi connectivity index (χ4n) is 3.18. The summed E-state index contributed by atoms with van der Waals surface area (Å²) in [4.78, 5) is 19.4. The SMILES string of the molecule is CB(O)N(Cc1cccs1)c1cc(Cl)nc2c(Cl)c(C(F)[C@H](C)NC(=O)OC(C)(C)C)sc12. The third kappa shape index (κ3) is 6.30. The Hall–Kier alpha value is -1.59. The van der Waals surface area contributed by atoms with E-state index >= 15 is 4.39 Å². The first-order chi connectivity index (χ1) is 15.4. The highest BCUT2D eigenvalue weighted by molar-refractivity contribution is 7.20. The summed E-state index contributed by atoms with van der Waals surface area (Å²) in [6.07, 6.45) is -2.32. The van der Waals surface area contributed by atoms with Crippen molar-refractivity contribution >= 4 is 74.9 Å². The zero-order valence-electron chi connectivity index (χ0n) is 18.9. The minimum Gasteiger partial charge on any atom is -0.444 e. The third-order valence-electron chi connectivity index (χ3n) is 4.66. The lowest BCUT2D eigenvalue weighted by Crippen LogP contribution is -2.39. The van der Waals surface area contributed by atoms with E-state index in [4.69, 9.17) is 27.9 Å². The molecule has 3 aromatic heterocycles. The third-order valence-corrected chi connectivity index (χ3v) is 7.46. The lowest BCUT2D eigenvalue weighted by molar-refractivity contribution is 0.0481. The van der Waals surface area contributed by atoms with Crippen LogP contribution < -0.4 is 10.1 Å². The van der Waals surface area contributed by atoms with Gasteiger partial charge in [0.05, 0.1) is 20.6 Å². The number of rotatable bonds is 7. The van der Waals surface area contributed by atoms with Crippen molar-refractivity contribution in [2.45, 2.75) is 58.9 Å². The zero-order chi connectivity index (χ0) is 24.5. The second-order valence-corrected chi connectivity index (χ2v) is 11.4. The number of pyridine rings is 1. The molecule has 6 nitrogen and oxygen atoms in total. The Morgan fingerprint density at radius 3 is 2.70 bits per heavy atom. The van der Waals surface area contributed by atoms with E-state index in [1.807, 2.05) is 17.5 Å². The van der Waals surface area contributed by atoms with Crippen LogP contribution in [0.25, 0.3) is 10.2 Å². The Morgan fingerprint density at radius 1 is 1.42 bits per heavy atom. The molecule has 3 aromatic rings. The summed E-state index contributed by atoms with van der Waals surface area (Å²) in [7, 11) is -0.841. The molecule has 0 bridgehead atoms. The molecule has 0 spiro atoms. The highest BCUT2D eigenvalue weighted by Gasteiger charge is 2.30. The van der Waals surface area contributed by atoms with Gasteiger partial charge in [-0.1, -0.05) is 29.3 Å². The molecular formula is C21H25BCl2FN3O3S2. The van der Waals surface area contributed by atoms with Gasteiger partial charge in [-0.2, -0.15) is 0 Å². The number of thiophene rings is 2. The molecule has 0 aromatic carbocycles. The highest BCUT2D eigenvalue weighted by atomic mass is 35.5. The van der Waals surface area contributed by atoms with Crippen LogP contribution in [-0.2, 0) is 11.3 Å². The molecule has 0 aliphatic rings. The number of fused-ring (bicyclic) bond motifs is 1. The van der Waals surface area contributed by atoms with E-state index < -0.39 is 31.0 Å². The molecule has 2 N–H and O–H groups in total. The molecule has 2 atom stereocenters. The number of alkyl carbamates (subject to hydrolysis) is 1. The standard InChI is InChI=1S/C21H25BCl2FN3O3S2/c1-11(26-20(29)31-21(2,3)4)16(25)19-15(24)17-18(33-19)13(9-14(23)27-17)28(22(5)30)10-12-7-6-8-32-12/h6-9,11,16,30H,10H2,1-5H3,(H,26,29)/t11-,16?/m0/s1. The Morgan fingerprint density at radius 2 is 2.12 bits per heavy atom. The number of amides is 1. The predicted molar refractivity (Wildman–Crippen MR) is 137 cm³/mol. The normalized spacial score (nSPS) is 13.6. The summed E-state index contributed by atoms with van der Waals surface area (Å²) in [6.45, 7) is 8.81. The number of carbonyl (C=O) groups is 1. The summed E-state index contributed by atoms with van der Waals surface area (Å²) >= 11 is 15.5. The molecular weight excluding hydrogens is 507 g/mol. The topological polar surface area (TPSA) is 74.7 Å². The van der Waals surface area contributed by atoms with Gasteiger partial charge in [-0.25, -0.2) is 14.2 Å². The number of alkyl halides is 1. The monoisotopic (exact) mass is 531 g/mol. The smallest absolute Gasteiger partial charge is 0.409 e. The van der Waals surface area contributed by atoms with Gasteiger partial charge in [-0.3, -0.25) is 0 Å². The minimum atomic E-state index is -1.60. The fraction of sp³-hybridized carbons (Fsp3) is 0.429. The van der Waals surface area contributed by atoms with Crippen LogP contribution in [0.2, 0.25) is 17.0 Å². The van der Waals surface area contributed by atoms with Crippen molar-refractivity contribution in [3.8, 4) is 0 Å². The molecule has 33 heavy (non-hydrogen) atoms. The number of aromatic nitrogens is 1. The van der Waals surface area contributed by atoms with E-state index in [2.05, 4.69) is 10.3 Å². The van der Waals surface area contributed by atoms with E-state index in [1.54, 1.807) is 49.8 Å². The quantitative estimate of drug-likeness (QED) is 0.262. The molecule has 1 unspecified atom stereocenters. The average molecular weight is 532 g/mol. The molecule has 1 amide bonds. The number of nitrogens with one attached hydrogen (secondary N) is 1. The van der Waals surface area contributed by atoms with E-state index in [-0.39, 0.29) is 15.1 Å². The van der Waals surface area contributed by atoms with Crippen molar-refractivity contribution in [2.24, 2.45) is 0 Å². The van der Waals surface area contributed by atoms with Crippen molar-refractivity contribution in [3.05, 3.63) is 43.5 Å². The molecule has 3 heterocycles. The largest absolute Gasteiger partial charge is 0.444 e. The van der Waals surface area contributed by atoms with Crippen LogP contribution in [0.5, 0.6) is 0 Å². The van der Waals surface area contributed by atoms with E-state index in [9.17, 15) is 9.82 Å². The minimum absolute atomic E-state index is 0.130. The average Bonchev–Trinajstić information content (AvgIpc) is 3.31. The molecule has 0 aliphatic carbocycles. The van der Waals surface area contributed by atoms with Crippen LogP contribution in [0.4, 0.5) is 14.9 Å². The molecule has 0 fully saturated rings. The summed E-state index contributed by atoms with van der Waals surface area (Å²) in [5.41, 5.74) is 0.252. The maximum Gasteiger partial charge on any atom is 0.409 e. The molecule has 0 radical (unpaired) electrons. The van der Waals surface area contributed by atoms with Gasteiger partial charge in [0.1, 0.15) is 16.3 Å². The zero-order valence-corrected chi connectivity index (χ0v) is 22.0. The van der Waals surface area contributed by atoms with E-state index in [0.717, 1.165) is 16.2 Å². The number of hydrogen-bond donors (Lipinski definition) is 2. The number of nitrogens with zero attached hydrogens (tertiary/aromatic N) is 2.